The number of hydrogen-bond acceptors (Lipinski definition) is 6. The first-order valence-electron chi connectivity index (χ1n) is 14.0. The van der Waals surface area contributed by atoms with Gasteiger partial charge in [-0.25, -0.2) is 5.01 Å². The molecule has 2 fully saturated rings. The van der Waals surface area contributed by atoms with Gasteiger partial charge in [0.25, 0.3) is 11.6 Å². The van der Waals surface area contributed by atoms with Crippen LogP contribution in [0.3, 0.4) is 0 Å². The fraction of sp³-hybridized carbons (Fsp3) is 0.312. The van der Waals surface area contributed by atoms with Crippen molar-refractivity contribution in [2.75, 3.05) is 31.2 Å². The Morgan fingerprint density at radius 2 is 1.69 bits per heavy atom. The molecule has 2 aliphatic heterocycles. The van der Waals surface area contributed by atoms with Crippen LogP contribution in [0, 0.1) is 22.0 Å². The lowest BCUT2D eigenvalue weighted by atomic mass is 9.73. The van der Waals surface area contributed by atoms with E-state index >= 15 is 0 Å². The monoisotopic (exact) mass is 604 g/mol. The van der Waals surface area contributed by atoms with Gasteiger partial charge in [-0.3, -0.25) is 14.9 Å². The normalized spacial score (nSPS) is 23.1. The third kappa shape index (κ3) is 5.67. The summed E-state index contributed by atoms with van der Waals surface area (Å²) in [5, 5.41) is 19.9. The third-order valence-corrected chi connectivity index (χ3v) is 8.67. The number of nitro groups is 1. The zero-order chi connectivity index (χ0) is 29.4. The highest BCUT2D eigenvalue weighted by atomic mass is 35.5. The van der Waals surface area contributed by atoms with Crippen molar-refractivity contribution < 1.29 is 14.5 Å². The summed E-state index contributed by atoms with van der Waals surface area (Å²) in [5.74, 6) is -0.0572. The molecule has 1 saturated heterocycles. The first kappa shape index (κ1) is 28.4. The molecule has 3 aromatic carbocycles. The van der Waals surface area contributed by atoms with Gasteiger partial charge in [0.1, 0.15) is 5.69 Å². The van der Waals surface area contributed by atoms with Crippen LogP contribution in [0.1, 0.15) is 47.3 Å². The van der Waals surface area contributed by atoms with Gasteiger partial charge >= 0.3 is 0 Å². The van der Waals surface area contributed by atoms with E-state index < -0.39 is 4.92 Å². The molecule has 3 atom stereocenters. The number of rotatable bonds is 5. The average molecular weight is 606 g/mol. The minimum atomic E-state index is -0.428. The summed E-state index contributed by atoms with van der Waals surface area (Å²) in [6.07, 6.45) is 3.80. The topological polar surface area (TPSA) is 88.3 Å². The summed E-state index contributed by atoms with van der Waals surface area (Å²) >= 11 is 12.3. The predicted octanol–water partition coefficient (Wildman–Crippen LogP) is 7.42. The number of benzene rings is 3. The van der Waals surface area contributed by atoms with E-state index in [0.29, 0.717) is 48.0 Å². The second-order valence-electron chi connectivity index (χ2n) is 11.1. The maximum atomic E-state index is 14.2. The Balaban J connectivity index is 1.41. The SMILES string of the molecule is CC1C/C(=C/c2ccc(Cl)cc2)C2=NN(C(=O)c3ccc(N4CCOCC4)c([N+](=O)[O-])c3)C(c3ccc(Cl)cc3)C2C1. The van der Waals surface area contributed by atoms with Crippen LogP contribution in [0.2, 0.25) is 10.0 Å². The molecular weight excluding hydrogens is 575 g/mol. The van der Waals surface area contributed by atoms with Crippen LogP contribution in [-0.4, -0.2) is 47.9 Å². The van der Waals surface area contributed by atoms with E-state index in [1.807, 2.05) is 53.4 Å². The Bertz CT molecular complexity index is 1570. The highest BCUT2D eigenvalue weighted by molar-refractivity contribution is 6.30. The molecular formula is C32H30Cl2N4O4. The number of allylic oxidation sites excluding steroid dienone is 1. The van der Waals surface area contributed by atoms with Crippen molar-refractivity contribution in [2.24, 2.45) is 16.9 Å². The highest BCUT2D eigenvalue weighted by Crippen LogP contribution is 2.47. The van der Waals surface area contributed by atoms with Gasteiger partial charge in [-0.1, -0.05) is 54.4 Å². The van der Waals surface area contributed by atoms with Crippen molar-refractivity contribution in [3.05, 3.63) is 109 Å². The van der Waals surface area contributed by atoms with Gasteiger partial charge in [-0.15, -0.1) is 0 Å². The Kier molecular flexibility index (Phi) is 8.03. The summed E-state index contributed by atoms with van der Waals surface area (Å²) in [6.45, 7) is 4.31. The predicted molar refractivity (Wildman–Crippen MR) is 165 cm³/mol. The molecule has 0 N–H and O–H groups in total. The number of carbonyl (C=O) groups is 1. The molecule has 3 aliphatic rings. The Morgan fingerprint density at radius 3 is 2.36 bits per heavy atom. The number of anilines is 1. The summed E-state index contributed by atoms with van der Waals surface area (Å²) in [6, 6.07) is 19.5. The minimum absolute atomic E-state index is 0.0416. The van der Waals surface area contributed by atoms with Crippen molar-refractivity contribution in [3.8, 4) is 0 Å². The van der Waals surface area contributed by atoms with E-state index in [9.17, 15) is 14.9 Å². The number of ether oxygens (including phenoxy) is 1. The number of amides is 1. The van der Waals surface area contributed by atoms with E-state index in [0.717, 1.165) is 35.3 Å². The number of nitrogens with zero attached hydrogens (tertiary/aromatic N) is 4. The van der Waals surface area contributed by atoms with Crippen molar-refractivity contribution >= 4 is 52.3 Å². The maximum absolute atomic E-state index is 14.2. The van der Waals surface area contributed by atoms with Gasteiger partial charge in [0.15, 0.2) is 0 Å². The molecule has 42 heavy (non-hydrogen) atoms. The molecule has 0 radical (unpaired) electrons. The molecule has 3 unspecified atom stereocenters. The summed E-state index contributed by atoms with van der Waals surface area (Å²) in [7, 11) is 0. The fourth-order valence-electron chi connectivity index (χ4n) is 6.22. The van der Waals surface area contributed by atoms with E-state index in [1.54, 1.807) is 12.1 Å². The van der Waals surface area contributed by atoms with E-state index in [1.165, 1.54) is 11.1 Å². The summed E-state index contributed by atoms with van der Waals surface area (Å²) in [4.78, 5) is 27.8. The Labute approximate surface area is 254 Å². The van der Waals surface area contributed by atoms with Gasteiger partial charge in [-0.05, 0) is 77.9 Å². The second kappa shape index (κ2) is 11.9. The van der Waals surface area contributed by atoms with Gasteiger partial charge in [-0.2, -0.15) is 5.10 Å². The van der Waals surface area contributed by atoms with Crippen molar-refractivity contribution in [2.45, 2.75) is 25.8 Å². The van der Waals surface area contributed by atoms with Crippen LogP contribution in [-0.2, 0) is 4.74 Å². The van der Waals surface area contributed by atoms with Gasteiger partial charge in [0, 0.05) is 40.7 Å². The lowest BCUT2D eigenvalue weighted by molar-refractivity contribution is -0.384. The number of morpholine rings is 1. The number of nitro benzene ring substituents is 1. The lowest BCUT2D eigenvalue weighted by Crippen LogP contribution is -2.36. The van der Waals surface area contributed by atoms with Crippen LogP contribution >= 0.6 is 23.2 Å². The molecule has 2 heterocycles. The number of hydrazone groups is 1. The van der Waals surface area contributed by atoms with E-state index in [4.69, 9.17) is 33.0 Å². The third-order valence-electron chi connectivity index (χ3n) is 8.17. The second-order valence-corrected chi connectivity index (χ2v) is 11.9. The number of halogens is 2. The Hall–Kier alpha value is -3.72. The van der Waals surface area contributed by atoms with Gasteiger partial charge in [0.05, 0.1) is 29.9 Å². The highest BCUT2D eigenvalue weighted by Gasteiger charge is 2.45. The molecule has 6 rings (SSSR count). The zero-order valence-corrected chi connectivity index (χ0v) is 24.6. The smallest absolute Gasteiger partial charge is 0.293 e. The molecule has 1 saturated carbocycles. The van der Waals surface area contributed by atoms with Crippen LogP contribution in [0.25, 0.3) is 6.08 Å². The minimum Gasteiger partial charge on any atom is -0.378 e. The summed E-state index contributed by atoms with van der Waals surface area (Å²) < 4.78 is 5.41. The molecule has 8 nitrogen and oxygen atoms in total. The fourth-order valence-corrected chi connectivity index (χ4v) is 6.47. The standard InChI is InChI=1S/C32H30Cl2N4O4/c1-20-16-24(18-21-2-7-25(33)8-3-21)30-27(17-20)31(22-4-9-26(34)10-5-22)37(35-30)32(39)23-6-11-28(29(19-23)38(40)41)36-12-14-42-15-13-36/h2-11,18-20,27,31H,12-17H2,1H3/b24-18-. The quantitative estimate of drug-likeness (QED) is 0.223. The molecule has 3 aromatic rings. The van der Waals surface area contributed by atoms with Crippen LogP contribution in [0.5, 0.6) is 0 Å². The van der Waals surface area contributed by atoms with Crippen molar-refractivity contribution in [1.82, 2.24) is 5.01 Å². The van der Waals surface area contributed by atoms with Crippen LogP contribution < -0.4 is 4.90 Å². The van der Waals surface area contributed by atoms with E-state index in [2.05, 4.69) is 13.0 Å². The zero-order valence-electron chi connectivity index (χ0n) is 23.1. The molecule has 216 valence electrons. The van der Waals surface area contributed by atoms with Crippen molar-refractivity contribution in [3.63, 3.8) is 0 Å². The molecule has 0 spiro atoms. The number of fused-ring (bicyclic) bond motifs is 1. The maximum Gasteiger partial charge on any atom is 0.293 e. The molecule has 1 amide bonds. The average Bonchev–Trinajstić information content (AvgIpc) is 3.38. The Morgan fingerprint density at radius 1 is 1.02 bits per heavy atom. The van der Waals surface area contributed by atoms with Gasteiger partial charge in [0.2, 0.25) is 0 Å². The molecule has 0 aromatic heterocycles. The van der Waals surface area contributed by atoms with E-state index in [-0.39, 0.29) is 29.1 Å². The number of carbonyl (C=O) groups excluding carboxylic acids is 1. The van der Waals surface area contributed by atoms with Crippen LogP contribution in [0.4, 0.5) is 11.4 Å². The largest absolute Gasteiger partial charge is 0.378 e. The lowest BCUT2D eigenvalue weighted by Gasteiger charge is -2.32. The van der Waals surface area contributed by atoms with Gasteiger partial charge < -0.3 is 9.64 Å². The number of hydrogen-bond donors (Lipinski definition) is 0. The molecule has 1 aliphatic carbocycles. The molecule has 10 heteroatoms. The molecule has 0 bridgehead atoms. The van der Waals surface area contributed by atoms with Crippen LogP contribution in [0.15, 0.2) is 77.4 Å². The first-order valence-corrected chi connectivity index (χ1v) is 14.8. The van der Waals surface area contributed by atoms with Crippen molar-refractivity contribution in [1.29, 1.82) is 0 Å². The first-order chi connectivity index (χ1) is 20.3. The summed E-state index contributed by atoms with van der Waals surface area (Å²) in [5.41, 5.74) is 4.46.